The Morgan fingerprint density at radius 1 is 1.50 bits per heavy atom. The Balaban J connectivity index is 2.56. The van der Waals surface area contributed by atoms with E-state index in [2.05, 4.69) is 5.32 Å². The topological polar surface area (TPSA) is 75.4 Å². The van der Waals surface area contributed by atoms with Gasteiger partial charge in [-0.25, -0.2) is 0 Å². The molecule has 1 unspecified atom stereocenters. The maximum Gasteiger partial charge on any atom is 0.272 e. The minimum atomic E-state index is -0.370. The lowest BCUT2D eigenvalue weighted by Gasteiger charge is -2.10. The molecule has 0 aliphatic heterocycles. The molecule has 0 aliphatic carbocycles. The number of hydrogen-bond acceptors (Lipinski definition) is 4. The molecule has 5 heteroatoms. The number of benzene rings is 1. The molecule has 0 radical (unpaired) electrons. The fraction of sp³-hybridized carbons (Fsp3) is 0.455. The number of rotatable bonds is 6. The van der Waals surface area contributed by atoms with E-state index in [0.29, 0.717) is 18.5 Å². The molecule has 0 heterocycles. The molecule has 1 aromatic rings. The zero-order valence-electron chi connectivity index (χ0n) is 9.22. The summed E-state index contributed by atoms with van der Waals surface area (Å²) in [5.74, 6) is 0. The molecular formula is C11H16N2O3. The first-order valence-electron chi connectivity index (χ1n) is 5.21. The number of hydrogen-bond donors (Lipinski definition) is 2. The second-order valence-corrected chi connectivity index (χ2v) is 3.67. The van der Waals surface area contributed by atoms with Crippen molar-refractivity contribution in [2.75, 3.05) is 13.2 Å². The Morgan fingerprint density at radius 2 is 2.19 bits per heavy atom. The largest absolute Gasteiger partial charge is 0.395 e. The van der Waals surface area contributed by atoms with Gasteiger partial charge in [-0.3, -0.25) is 10.1 Å². The lowest BCUT2D eigenvalue weighted by molar-refractivity contribution is -0.385. The van der Waals surface area contributed by atoms with Crippen LogP contribution in [-0.2, 0) is 6.42 Å². The normalized spacial score (nSPS) is 12.4. The van der Waals surface area contributed by atoms with Crippen LogP contribution < -0.4 is 5.32 Å². The Kier molecular flexibility index (Phi) is 4.88. The predicted octanol–water partition coefficient (Wildman–Crippen LogP) is 1.11. The Labute approximate surface area is 94.3 Å². The van der Waals surface area contributed by atoms with Gasteiger partial charge >= 0.3 is 0 Å². The quantitative estimate of drug-likeness (QED) is 0.560. The summed E-state index contributed by atoms with van der Waals surface area (Å²) >= 11 is 0. The second kappa shape index (κ2) is 6.19. The third-order valence-corrected chi connectivity index (χ3v) is 2.35. The smallest absolute Gasteiger partial charge is 0.272 e. The molecule has 5 nitrogen and oxygen atoms in total. The van der Waals surface area contributed by atoms with E-state index < -0.39 is 0 Å². The number of nitrogens with one attached hydrogen (secondary N) is 1. The Hall–Kier alpha value is -1.46. The number of nitro groups is 1. The fourth-order valence-corrected chi connectivity index (χ4v) is 1.42. The maximum atomic E-state index is 10.7. The number of para-hydroxylation sites is 1. The minimum absolute atomic E-state index is 0.0165. The van der Waals surface area contributed by atoms with Crippen LogP contribution in [0.4, 0.5) is 5.69 Å². The molecular weight excluding hydrogens is 208 g/mol. The fourth-order valence-electron chi connectivity index (χ4n) is 1.42. The third kappa shape index (κ3) is 3.60. The van der Waals surface area contributed by atoms with E-state index in [1.165, 1.54) is 6.07 Å². The molecule has 0 bridgehead atoms. The Bertz CT molecular complexity index is 355. The van der Waals surface area contributed by atoms with Crippen LogP contribution in [0.3, 0.4) is 0 Å². The highest BCUT2D eigenvalue weighted by atomic mass is 16.6. The third-order valence-electron chi connectivity index (χ3n) is 2.35. The minimum Gasteiger partial charge on any atom is -0.395 e. The van der Waals surface area contributed by atoms with E-state index in [1.807, 2.05) is 6.92 Å². The number of aliphatic hydroxyl groups is 1. The van der Waals surface area contributed by atoms with Crippen molar-refractivity contribution in [2.45, 2.75) is 19.4 Å². The molecule has 0 amide bonds. The van der Waals surface area contributed by atoms with Crippen LogP contribution in [0, 0.1) is 10.1 Å². The molecule has 0 aliphatic rings. The highest BCUT2D eigenvalue weighted by Gasteiger charge is 2.11. The van der Waals surface area contributed by atoms with Gasteiger partial charge in [0.25, 0.3) is 5.69 Å². The van der Waals surface area contributed by atoms with Gasteiger partial charge < -0.3 is 10.4 Å². The lowest BCUT2D eigenvalue weighted by atomic mass is 10.1. The first kappa shape index (κ1) is 12.6. The van der Waals surface area contributed by atoms with E-state index in [1.54, 1.807) is 18.2 Å². The summed E-state index contributed by atoms with van der Waals surface area (Å²) in [5.41, 5.74) is 0.867. The van der Waals surface area contributed by atoms with E-state index in [-0.39, 0.29) is 23.3 Å². The van der Waals surface area contributed by atoms with Gasteiger partial charge in [0.15, 0.2) is 0 Å². The van der Waals surface area contributed by atoms with Crippen molar-refractivity contribution >= 4 is 5.69 Å². The van der Waals surface area contributed by atoms with Crippen molar-refractivity contribution in [3.63, 3.8) is 0 Å². The Morgan fingerprint density at radius 3 is 2.81 bits per heavy atom. The molecule has 0 aromatic heterocycles. The van der Waals surface area contributed by atoms with Gasteiger partial charge in [-0.1, -0.05) is 18.2 Å². The summed E-state index contributed by atoms with van der Waals surface area (Å²) in [6.07, 6.45) is 0.585. The average Bonchev–Trinajstić information content (AvgIpc) is 2.29. The second-order valence-electron chi connectivity index (χ2n) is 3.67. The molecule has 0 fully saturated rings. The molecule has 2 N–H and O–H groups in total. The first-order valence-corrected chi connectivity index (χ1v) is 5.21. The standard InChI is InChI=1S/C11H16N2O3/c1-9(8-14)12-7-6-10-4-2-3-5-11(10)13(15)16/h2-5,9,12,14H,6-8H2,1H3. The van der Waals surface area contributed by atoms with Gasteiger partial charge in [0.1, 0.15) is 0 Å². The molecule has 16 heavy (non-hydrogen) atoms. The van der Waals surface area contributed by atoms with E-state index in [4.69, 9.17) is 5.11 Å². The van der Waals surface area contributed by atoms with Crippen molar-refractivity contribution in [1.29, 1.82) is 0 Å². The van der Waals surface area contributed by atoms with Crippen LogP contribution in [0.2, 0.25) is 0 Å². The molecule has 0 spiro atoms. The monoisotopic (exact) mass is 224 g/mol. The van der Waals surface area contributed by atoms with Crippen molar-refractivity contribution in [2.24, 2.45) is 0 Å². The van der Waals surface area contributed by atoms with Crippen LogP contribution in [0.15, 0.2) is 24.3 Å². The van der Waals surface area contributed by atoms with Gasteiger partial charge in [-0.15, -0.1) is 0 Å². The van der Waals surface area contributed by atoms with Crippen molar-refractivity contribution in [3.8, 4) is 0 Å². The van der Waals surface area contributed by atoms with Gasteiger partial charge in [-0.05, 0) is 19.9 Å². The van der Waals surface area contributed by atoms with Crippen LogP contribution >= 0.6 is 0 Å². The van der Waals surface area contributed by atoms with Crippen LogP contribution in [0.25, 0.3) is 0 Å². The van der Waals surface area contributed by atoms with Crippen LogP contribution in [0.5, 0.6) is 0 Å². The zero-order valence-corrected chi connectivity index (χ0v) is 9.22. The average molecular weight is 224 g/mol. The van der Waals surface area contributed by atoms with Gasteiger partial charge in [0.05, 0.1) is 11.5 Å². The molecule has 0 saturated heterocycles. The van der Waals surface area contributed by atoms with Crippen molar-refractivity contribution in [3.05, 3.63) is 39.9 Å². The molecule has 1 aromatic carbocycles. The summed E-state index contributed by atoms with van der Waals surface area (Å²) in [6.45, 7) is 2.54. The van der Waals surface area contributed by atoms with Gasteiger partial charge in [0.2, 0.25) is 0 Å². The SMILES string of the molecule is CC(CO)NCCc1ccccc1[N+](=O)[O-]. The van der Waals surface area contributed by atoms with Gasteiger partial charge in [-0.2, -0.15) is 0 Å². The first-order chi connectivity index (χ1) is 7.65. The highest BCUT2D eigenvalue weighted by Crippen LogP contribution is 2.17. The van der Waals surface area contributed by atoms with Crippen LogP contribution in [0.1, 0.15) is 12.5 Å². The molecule has 0 saturated carbocycles. The van der Waals surface area contributed by atoms with E-state index in [0.717, 1.165) is 0 Å². The summed E-state index contributed by atoms with van der Waals surface area (Å²) in [7, 11) is 0. The zero-order chi connectivity index (χ0) is 12.0. The molecule has 1 atom stereocenters. The number of nitrogens with zero attached hydrogens (tertiary/aromatic N) is 1. The summed E-state index contributed by atoms with van der Waals surface area (Å²) in [5, 5.41) is 22.6. The van der Waals surface area contributed by atoms with E-state index in [9.17, 15) is 10.1 Å². The predicted molar refractivity (Wildman–Crippen MR) is 61.4 cm³/mol. The number of aliphatic hydroxyl groups excluding tert-OH is 1. The number of nitro benzene ring substituents is 1. The van der Waals surface area contributed by atoms with Crippen molar-refractivity contribution in [1.82, 2.24) is 5.32 Å². The maximum absolute atomic E-state index is 10.7. The summed E-state index contributed by atoms with van der Waals surface area (Å²) in [4.78, 5) is 10.3. The van der Waals surface area contributed by atoms with Crippen molar-refractivity contribution < 1.29 is 10.0 Å². The molecule has 1 rings (SSSR count). The summed E-state index contributed by atoms with van der Waals surface area (Å²) < 4.78 is 0. The lowest BCUT2D eigenvalue weighted by Crippen LogP contribution is -2.31. The van der Waals surface area contributed by atoms with Gasteiger partial charge in [0, 0.05) is 17.7 Å². The highest BCUT2D eigenvalue weighted by molar-refractivity contribution is 5.39. The van der Waals surface area contributed by atoms with Crippen LogP contribution in [-0.4, -0.2) is 29.2 Å². The summed E-state index contributed by atoms with van der Waals surface area (Å²) in [6, 6.07) is 6.72. The molecule has 88 valence electrons. The van der Waals surface area contributed by atoms with E-state index >= 15 is 0 Å².